The lowest BCUT2D eigenvalue weighted by molar-refractivity contribution is 0.164. The quantitative estimate of drug-likeness (QED) is 0.419. The number of methoxy groups -OCH3 is 1. The van der Waals surface area contributed by atoms with Gasteiger partial charge in [-0.05, 0) is 54.7 Å². The van der Waals surface area contributed by atoms with Crippen molar-refractivity contribution in [1.82, 2.24) is 9.88 Å². The number of hydrogen-bond acceptors (Lipinski definition) is 6. The van der Waals surface area contributed by atoms with Gasteiger partial charge in [0.1, 0.15) is 23.6 Å². The van der Waals surface area contributed by atoms with Crippen molar-refractivity contribution in [1.29, 1.82) is 0 Å². The molecular formula is C29H31N3O3. The van der Waals surface area contributed by atoms with E-state index in [0.29, 0.717) is 6.61 Å². The number of hydrogen-bond donors (Lipinski definition) is 0. The Bertz CT molecular complexity index is 1200. The first kappa shape index (κ1) is 23.2. The van der Waals surface area contributed by atoms with Crippen LogP contribution in [0.15, 0.2) is 78.1 Å². The molecule has 0 saturated carbocycles. The molecule has 2 aromatic carbocycles. The Morgan fingerprint density at radius 1 is 1.09 bits per heavy atom. The summed E-state index contributed by atoms with van der Waals surface area (Å²) in [5, 5.41) is 3.62. The number of benzene rings is 2. The van der Waals surface area contributed by atoms with E-state index >= 15 is 0 Å². The van der Waals surface area contributed by atoms with E-state index in [1.54, 1.807) is 7.11 Å². The molecule has 0 aliphatic carbocycles. The molecule has 0 bridgehead atoms. The van der Waals surface area contributed by atoms with Crippen molar-refractivity contribution in [2.24, 2.45) is 5.18 Å². The highest BCUT2D eigenvalue weighted by atomic mass is 16.5. The maximum atomic E-state index is 11.8. The van der Waals surface area contributed by atoms with Crippen molar-refractivity contribution in [3.05, 3.63) is 100 Å². The highest BCUT2D eigenvalue weighted by Crippen LogP contribution is 2.38. The molecule has 2 aliphatic rings. The van der Waals surface area contributed by atoms with E-state index in [9.17, 15) is 4.91 Å². The van der Waals surface area contributed by atoms with Crippen molar-refractivity contribution >= 4 is 5.57 Å². The molecule has 1 aromatic heterocycles. The van der Waals surface area contributed by atoms with Gasteiger partial charge in [0.15, 0.2) is 0 Å². The average Bonchev–Trinajstić information content (AvgIpc) is 3.07. The van der Waals surface area contributed by atoms with Crippen molar-refractivity contribution in [3.8, 4) is 11.5 Å². The molecule has 3 aromatic rings. The summed E-state index contributed by atoms with van der Waals surface area (Å²) in [4.78, 5) is 18.8. The van der Waals surface area contributed by atoms with Crippen LogP contribution in [0.1, 0.15) is 41.6 Å². The molecule has 0 amide bonds. The topological polar surface area (TPSA) is 64.0 Å². The number of fused-ring (bicyclic) bond motifs is 2. The van der Waals surface area contributed by atoms with Gasteiger partial charge in [0.05, 0.1) is 12.8 Å². The van der Waals surface area contributed by atoms with Crippen LogP contribution in [0.4, 0.5) is 0 Å². The summed E-state index contributed by atoms with van der Waals surface area (Å²) >= 11 is 0. The first-order valence-corrected chi connectivity index (χ1v) is 12.3. The molecule has 2 aliphatic heterocycles. The highest BCUT2D eigenvalue weighted by Gasteiger charge is 2.36. The summed E-state index contributed by atoms with van der Waals surface area (Å²) in [6, 6.07) is 20.2. The number of piperidine rings is 1. The lowest BCUT2D eigenvalue weighted by Gasteiger charge is -2.37. The zero-order valence-corrected chi connectivity index (χ0v) is 20.2. The van der Waals surface area contributed by atoms with Crippen LogP contribution < -0.4 is 9.47 Å². The number of pyridine rings is 1. The Morgan fingerprint density at radius 3 is 2.69 bits per heavy atom. The van der Waals surface area contributed by atoms with Crippen LogP contribution in [0.2, 0.25) is 0 Å². The Hall–Kier alpha value is -3.51. The summed E-state index contributed by atoms with van der Waals surface area (Å²) in [6.45, 7) is 3.14. The molecular weight excluding hydrogens is 438 g/mol. The van der Waals surface area contributed by atoms with E-state index in [1.165, 1.54) is 5.56 Å². The number of ether oxygens (including phenoxy) is 2. The Kier molecular flexibility index (Phi) is 6.91. The van der Waals surface area contributed by atoms with E-state index in [-0.39, 0.29) is 0 Å². The Morgan fingerprint density at radius 2 is 1.91 bits per heavy atom. The molecule has 6 nitrogen and oxygen atoms in total. The SMILES string of the molecule is COc1ccc2c(c1)C(=CCCN1CCC(Cc3ccccc3)(N=O)CC1)c1cccnc1CO2. The molecule has 0 N–H and O–H groups in total. The van der Waals surface area contributed by atoms with Gasteiger partial charge in [0.25, 0.3) is 0 Å². The van der Waals surface area contributed by atoms with Crippen LogP contribution in [0, 0.1) is 4.91 Å². The fraction of sp³-hybridized carbons (Fsp3) is 0.345. The van der Waals surface area contributed by atoms with Gasteiger partial charge in [-0.15, -0.1) is 0 Å². The van der Waals surface area contributed by atoms with E-state index < -0.39 is 5.54 Å². The third-order valence-electron chi connectivity index (χ3n) is 7.17. The minimum atomic E-state index is -0.491. The van der Waals surface area contributed by atoms with Gasteiger partial charge in [-0.25, -0.2) is 0 Å². The van der Waals surface area contributed by atoms with Gasteiger partial charge >= 0.3 is 0 Å². The van der Waals surface area contributed by atoms with Crippen LogP contribution >= 0.6 is 0 Å². The number of nitroso groups, excluding NO2 is 1. The second-order valence-corrected chi connectivity index (χ2v) is 9.37. The third-order valence-corrected chi connectivity index (χ3v) is 7.17. The third kappa shape index (κ3) is 5.13. The number of aromatic nitrogens is 1. The minimum Gasteiger partial charge on any atom is -0.497 e. The molecule has 0 radical (unpaired) electrons. The van der Waals surface area contributed by atoms with Crippen LogP contribution in [0.25, 0.3) is 5.57 Å². The first-order valence-electron chi connectivity index (χ1n) is 12.3. The highest BCUT2D eigenvalue weighted by molar-refractivity contribution is 5.85. The molecule has 6 heteroatoms. The Balaban J connectivity index is 1.30. The molecule has 0 unspecified atom stereocenters. The van der Waals surface area contributed by atoms with Crippen molar-refractivity contribution in [2.75, 3.05) is 26.7 Å². The number of likely N-dealkylation sites (tertiary alicyclic amines) is 1. The lowest BCUT2D eigenvalue weighted by Crippen LogP contribution is -2.44. The average molecular weight is 470 g/mol. The normalized spacial score (nSPS) is 18.1. The zero-order chi connectivity index (χ0) is 24.1. The lowest BCUT2D eigenvalue weighted by atomic mass is 9.82. The van der Waals surface area contributed by atoms with Crippen molar-refractivity contribution < 1.29 is 9.47 Å². The van der Waals surface area contributed by atoms with Gasteiger partial charge < -0.3 is 14.4 Å². The maximum Gasteiger partial charge on any atom is 0.131 e. The van der Waals surface area contributed by atoms with E-state index in [4.69, 9.17) is 9.47 Å². The number of rotatable bonds is 7. The molecule has 180 valence electrons. The summed E-state index contributed by atoms with van der Waals surface area (Å²) < 4.78 is 11.6. The monoisotopic (exact) mass is 469 g/mol. The molecule has 35 heavy (non-hydrogen) atoms. The molecule has 0 spiro atoms. The molecule has 5 rings (SSSR count). The van der Waals surface area contributed by atoms with Gasteiger partial charge in [-0.1, -0.05) is 47.7 Å². The van der Waals surface area contributed by atoms with Crippen LogP contribution in [-0.2, 0) is 13.0 Å². The predicted octanol–water partition coefficient (Wildman–Crippen LogP) is 5.65. The van der Waals surface area contributed by atoms with E-state index in [0.717, 1.165) is 79.2 Å². The van der Waals surface area contributed by atoms with Crippen LogP contribution in [0.3, 0.4) is 0 Å². The summed E-state index contributed by atoms with van der Waals surface area (Å²) in [7, 11) is 1.68. The largest absolute Gasteiger partial charge is 0.497 e. The molecule has 0 atom stereocenters. The first-order chi connectivity index (χ1) is 17.2. The standard InChI is InChI=1S/C29H31N3O3/c1-34-23-11-12-28-26(19-23)24(25-9-5-15-30-27(25)21-35-28)10-6-16-32-17-13-29(31-33,14-18-32)20-22-7-3-2-4-8-22/h2-5,7-12,15,19H,6,13-14,16-18,20-21H2,1H3. The summed E-state index contributed by atoms with van der Waals surface area (Å²) in [6.07, 6.45) is 7.30. The second kappa shape index (κ2) is 10.4. The minimum absolute atomic E-state index is 0.446. The van der Waals surface area contributed by atoms with Gasteiger partial charge in [-0.2, -0.15) is 4.91 Å². The van der Waals surface area contributed by atoms with Gasteiger partial charge in [-0.3, -0.25) is 4.98 Å². The molecule has 1 fully saturated rings. The summed E-state index contributed by atoms with van der Waals surface area (Å²) in [5.41, 5.74) is 4.89. The van der Waals surface area contributed by atoms with Crippen molar-refractivity contribution in [2.45, 2.75) is 37.8 Å². The van der Waals surface area contributed by atoms with Gasteiger partial charge in [0.2, 0.25) is 0 Å². The molecule has 3 heterocycles. The van der Waals surface area contributed by atoms with E-state index in [1.807, 2.05) is 48.7 Å². The zero-order valence-electron chi connectivity index (χ0n) is 20.2. The maximum absolute atomic E-state index is 11.8. The fourth-order valence-corrected chi connectivity index (χ4v) is 5.14. The molecule has 1 saturated heterocycles. The van der Waals surface area contributed by atoms with E-state index in [2.05, 4.69) is 39.3 Å². The second-order valence-electron chi connectivity index (χ2n) is 9.37. The fourth-order valence-electron chi connectivity index (χ4n) is 5.14. The summed E-state index contributed by atoms with van der Waals surface area (Å²) in [5.74, 6) is 1.65. The van der Waals surface area contributed by atoms with Crippen LogP contribution in [-0.4, -0.2) is 42.2 Å². The Labute approximate surface area is 206 Å². The van der Waals surface area contributed by atoms with Crippen molar-refractivity contribution in [3.63, 3.8) is 0 Å². The number of nitrogens with zero attached hydrogens (tertiary/aromatic N) is 3. The smallest absolute Gasteiger partial charge is 0.131 e. The predicted molar refractivity (Wildman–Crippen MR) is 138 cm³/mol. The van der Waals surface area contributed by atoms with Gasteiger partial charge in [0, 0.05) is 43.4 Å². The van der Waals surface area contributed by atoms with Crippen LogP contribution in [0.5, 0.6) is 11.5 Å².